The molecule has 1 aliphatic heterocycles. The fourth-order valence-corrected chi connectivity index (χ4v) is 5.51. The molecular weight excluding hydrogens is 481 g/mol. The number of hydrogen-bond acceptors (Lipinski definition) is 3. The van der Waals surface area contributed by atoms with Crippen LogP contribution in [0.5, 0.6) is 0 Å². The highest BCUT2D eigenvalue weighted by molar-refractivity contribution is 6.42. The lowest BCUT2D eigenvalue weighted by atomic mass is 9.77. The number of amides is 1. The molecule has 1 amide bonds. The van der Waals surface area contributed by atoms with Gasteiger partial charge in [0, 0.05) is 33.7 Å². The molecule has 4 rings (SSSR count). The number of piperidine rings is 1. The number of carbonyl (C=O) groups excluding carboxylic acids is 1. The Hall–Kier alpha value is -2.47. The van der Waals surface area contributed by atoms with Crippen molar-refractivity contribution in [3.05, 3.63) is 63.8 Å². The number of halogens is 2. The third-order valence-corrected chi connectivity index (χ3v) is 7.97. The number of nitrogens with one attached hydrogen (secondary N) is 2. The Labute approximate surface area is 217 Å². The molecule has 0 atom stereocenters. The maximum absolute atomic E-state index is 13.1. The molecule has 0 radical (unpaired) electrons. The summed E-state index contributed by atoms with van der Waals surface area (Å²) in [5.74, 6) is 0.0841. The summed E-state index contributed by atoms with van der Waals surface area (Å²) in [6.07, 6.45) is 3.53. The SMILES string of the molecule is CO/C(=C\c1cccc(-c2cc3cc(Cl)c(Cl)cc3[nH]2)c1)C(=O)NC1CC(C)(C)N(C)C(C)(C)C1. The van der Waals surface area contributed by atoms with Gasteiger partial charge in [-0.2, -0.15) is 0 Å². The van der Waals surface area contributed by atoms with Gasteiger partial charge in [0.1, 0.15) is 0 Å². The van der Waals surface area contributed by atoms with E-state index in [2.05, 4.69) is 49.9 Å². The zero-order chi connectivity index (χ0) is 25.5. The molecule has 1 fully saturated rings. The second-order valence-electron chi connectivity index (χ2n) is 10.6. The average Bonchev–Trinajstić information content (AvgIpc) is 3.18. The molecule has 0 bridgehead atoms. The molecule has 2 heterocycles. The minimum atomic E-state index is -0.200. The summed E-state index contributed by atoms with van der Waals surface area (Å²) in [5, 5.41) is 5.22. The van der Waals surface area contributed by atoms with Crippen LogP contribution in [0.3, 0.4) is 0 Å². The van der Waals surface area contributed by atoms with Crippen molar-refractivity contribution in [3.63, 3.8) is 0 Å². The van der Waals surface area contributed by atoms with E-state index in [0.717, 1.165) is 40.6 Å². The zero-order valence-electron chi connectivity index (χ0n) is 21.1. The number of H-pyrrole nitrogens is 1. The molecule has 1 aliphatic rings. The van der Waals surface area contributed by atoms with Gasteiger partial charge in [-0.3, -0.25) is 9.69 Å². The highest BCUT2D eigenvalue weighted by Crippen LogP contribution is 2.37. The van der Waals surface area contributed by atoms with Crippen molar-refractivity contribution in [2.45, 2.75) is 57.7 Å². The summed E-state index contributed by atoms with van der Waals surface area (Å²) in [4.78, 5) is 18.9. The fraction of sp³-hybridized carbons (Fsp3) is 0.393. The van der Waals surface area contributed by atoms with Gasteiger partial charge >= 0.3 is 0 Å². The van der Waals surface area contributed by atoms with Gasteiger partial charge in [0.05, 0.1) is 17.2 Å². The highest BCUT2D eigenvalue weighted by Gasteiger charge is 2.43. The molecule has 2 aromatic carbocycles. The van der Waals surface area contributed by atoms with Crippen LogP contribution in [0.4, 0.5) is 0 Å². The molecule has 35 heavy (non-hydrogen) atoms. The van der Waals surface area contributed by atoms with Crippen LogP contribution in [-0.4, -0.2) is 47.1 Å². The number of carbonyl (C=O) groups is 1. The minimum absolute atomic E-state index is 0.0149. The molecule has 0 spiro atoms. The molecule has 2 N–H and O–H groups in total. The topological polar surface area (TPSA) is 57.4 Å². The van der Waals surface area contributed by atoms with Crippen molar-refractivity contribution in [1.29, 1.82) is 0 Å². The van der Waals surface area contributed by atoms with Crippen molar-refractivity contribution in [1.82, 2.24) is 15.2 Å². The standard InChI is InChI=1S/C28H33Cl2N3O2/c1-27(2)15-20(16-28(3,4)33(27)5)31-26(34)25(35-6)11-17-8-7-9-18(10-17)23-13-19-12-21(29)22(30)14-24(19)32-23/h7-14,20,32H,15-16H2,1-6H3,(H,31,34)/b25-11-. The number of hydrogen-bond donors (Lipinski definition) is 2. The normalized spacial score (nSPS) is 18.6. The van der Waals surface area contributed by atoms with E-state index < -0.39 is 0 Å². The molecule has 186 valence electrons. The lowest BCUT2D eigenvalue weighted by molar-refractivity contribution is -0.122. The van der Waals surface area contributed by atoms with Crippen LogP contribution in [0.2, 0.25) is 10.0 Å². The highest BCUT2D eigenvalue weighted by atomic mass is 35.5. The van der Waals surface area contributed by atoms with Gasteiger partial charge in [0.25, 0.3) is 5.91 Å². The van der Waals surface area contributed by atoms with Crippen LogP contribution in [0.25, 0.3) is 28.2 Å². The second-order valence-corrected chi connectivity index (χ2v) is 11.5. The Morgan fingerprint density at radius 3 is 2.40 bits per heavy atom. The van der Waals surface area contributed by atoms with E-state index in [-0.39, 0.29) is 28.8 Å². The predicted octanol–water partition coefficient (Wildman–Crippen LogP) is 6.90. The van der Waals surface area contributed by atoms with Gasteiger partial charge in [0.15, 0.2) is 5.76 Å². The summed E-state index contributed by atoms with van der Waals surface area (Å²) < 4.78 is 5.50. The van der Waals surface area contributed by atoms with Crippen LogP contribution < -0.4 is 5.32 Å². The number of methoxy groups -OCH3 is 1. The van der Waals surface area contributed by atoms with Crippen molar-refractivity contribution in [3.8, 4) is 11.3 Å². The number of aromatic nitrogens is 1. The molecule has 5 nitrogen and oxygen atoms in total. The van der Waals surface area contributed by atoms with Gasteiger partial charge < -0.3 is 15.0 Å². The largest absolute Gasteiger partial charge is 0.491 e. The van der Waals surface area contributed by atoms with Crippen LogP contribution in [0, 0.1) is 0 Å². The predicted molar refractivity (Wildman–Crippen MR) is 146 cm³/mol. The molecule has 1 aromatic heterocycles. The Morgan fingerprint density at radius 1 is 1.09 bits per heavy atom. The number of likely N-dealkylation sites (tertiary alicyclic amines) is 1. The van der Waals surface area contributed by atoms with Crippen molar-refractivity contribution in [2.24, 2.45) is 0 Å². The number of fused-ring (bicyclic) bond motifs is 1. The van der Waals surface area contributed by atoms with Gasteiger partial charge in [-0.25, -0.2) is 0 Å². The van der Waals surface area contributed by atoms with Crippen LogP contribution in [0.15, 0.2) is 48.2 Å². The summed E-state index contributed by atoms with van der Waals surface area (Å²) >= 11 is 12.3. The smallest absolute Gasteiger partial charge is 0.286 e. The minimum Gasteiger partial charge on any atom is -0.491 e. The lowest BCUT2D eigenvalue weighted by Crippen LogP contribution is -2.62. The van der Waals surface area contributed by atoms with Crippen molar-refractivity contribution >= 4 is 46.1 Å². The number of aromatic amines is 1. The summed E-state index contributed by atoms with van der Waals surface area (Å²) in [7, 11) is 3.69. The van der Waals surface area contributed by atoms with E-state index in [4.69, 9.17) is 27.9 Å². The van der Waals surface area contributed by atoms with Crippen molar-refractivity contribution in [2.75, 3.05) is 14.2 Å². The Bertz CT molecular complexity index is 1240. The quantitative estimate of drug-likeness (QED) is 0.288. The number of benzene rings is 2. The van der Waals surface area contributed by atoms with Gasteiger partial charge in [-0.1, -0.05) is 41.4 Å². The molecule has 0 aliphatic carbocycles. The maximum atomic E-state index is 13.1. The molecule has 0 saturated carbocycles. The lowest BCUT2D eigenvalue weighted by Gasteiger charge is -2.53. The first-order valence-corrected chi connectivity index (χ1v) is 12.5. The first kappa shape index (κ1) is 25.6. The number of nitrogens with zero attached hydrogens (tertiary/aromatic N) is 1. The van der Waals surface area contributed by atoms with Crippen LogP contribution in [0.1, 0.15) is 46.1 Å². The van der Waals surface area contributed by atoms with Gasteiger partial charge in [-0.15, -0.1) is 0 Å². The molecule has 1 saturated heterocycles. The second kappa shape index (κ2) is 9.53. The molecule has 7 heteroatoms. The third kappa shape index (κ3) is 5.37. The molecular formula is C28H33Cl2N3O2. The summed E-state index contributed by atoms with van der Waals surface area (Å²) in [6.45, 7) is 8.88. The van der Waals surface area contributed by atoms with Gasteiger partial charge in [0.2, 0.25) is 0 Å². The Balaban J connectivity index is 1.56. The monoisotopic (exact) mass is 513 g/mol. The van der Waals surface area contributed by atoms with E-state index in [1.165, 1.54) is 7.11 Å². The van der Waals surface area contributed by atoms with Crippen LogP contribution >= 0.6 is 23.2 Å². The fourth-order valence-electron chi connectivity index (χ4n) is 5.18. The number of ether oxygens (including phenoxy) is 1. The van der Waals surface area contributed by atoms with E-state index >= 15 is 0 Å². The van der Waals surface area contributed by atoms with Gasteiger partial charge in [-0.05, 0) is 89.1 Å². The first-order chi connectivity index (χ1) is 16.4. The molecule has 0 unspecified atom stereocenters. The average molecular weight is 514 g/mol. The Kier molecular flexibility index (Phi) is 6.98. The first-order valence-electron chi connectivity index (χ1n) is 11.8. The van der Waals surface area contributed by atoms with E-state index in [1.807, 2.05) is 42.5 Å². The summed E-state index contributed by atoms with van der Waals surface area (Å²) in [5.41, 5.74) is 3.67. The van der Waals surface area contributed by atoms with E-state index in [9.17, 15) is 4.79 Å². The number of rotatable bonds is 5. The Morgan fingerprint density at radius 2 is 1.74 bits per heavy atom. The van der Waals surface area contributed by atoms with E-state index in [1.54, 1.807) is 6.08 Å². The molecule has 3 aromatic rings. The zero-order valence-corrected chi connectivity index (χ0v) is 22.6. The van der Waals surface area contributed by atoms with Crippen LogP contribution in [-0.2, 0) is 9.53 Å². The summed E-state index contributed by atoms with van der Waals surface area (Å²) in [6, 6.07) is 13.7. The van der Waals surface area contributed by atoms with Crippen molar-refractivity contribution < 1.29 is 9.53 Å². The maximum Gasteiger partial charge on any atom is 0.286 e. The third-order valence-electron chi connectivity index (χ3n) is 7.24. The van der Waals surface area contributed by atoms with E-state index in [0.29, 0.717) is 10.0 Å².